The summed E-state index contributed by atoms with van der Waals surface area (Å²) in [5.74, 6) is 0.143. The maximum absolute atomic E-state index is 13.3. The van der Waals surface area contributed by atoms with E-state index in [0.717, 1.165) is 107 Å². The van der Waals surface area contributed by atoms with Crippen LogP contribution in [0.5, 0.6) is 0 Å². The van der Waals surface area contributed by atoms with Crippen LogP contribution in [0.1, 0.15) is 125 Å². The number of benzene rings is 2. The molecule has 1 unspecified atom stereocenters. The first-order valence-electron chi connectivity index (χ1n) is 24.5. The number of thiazole rings is 1. The molecule has 3 aliphatic heterocycles. The van der Waals surface area contributed by atoms with Gasteiger partial charge in [-0.05, 0) is 102 Å². The van der Waals surface area contributed by atoms with Crippen molar-refractivity contribution in [2.24, 2.45) is 0 Å². The minimum atomic E-state index is -0.906. The van der Waals surface area contributed by atoms with E-state index in [4.69, 9.17) is 26.1 Å². The van der Waals surface area contributed by atoms with E-state index < -0.39 is 23.8 Å². The van der Waals surface area contributed by atoms with Gasteiger partial charge in [-0.2, -0.15) is 0 Å². The molecule has 4 aromatic rings. The molecule has 2 aromatic heterocycles. The van der Waals surface area contributed by atoms with Gasteiger partial charge in [0.15, 0.2) is 5.13 Å². The van der Waals surface area contributed by atoms with E-state index in [1.807, 2.05) is 32.0 Å². The van der Waals surface area contributed by atoms with Crippen molar-refractivity contribution in [1.82, 2.24) is 30.1 Å². The predicted molar refractivity (Wildman–Crippen MR) is 273 cm³/mol. The number of carbonyl (C=O) groups excluding carboxylic acids is 5. The minimum absolute atomic E-state index is 0.130. The van der Waals surface area contributed by atoms with Crippen LogP contribution in [0.4, 0.5) is 28.1 Å². The van der Waals surface area contributed by atoms with E-state index in [2.05, 4.69) is 47.6 Å². The third-order valence-corrected chi connectivity index (χ3v) is 13.8. The average Bonchev–Trinajstić information content (AvgIpc) is 3.91. The molecule has 1 atom stereocenters. The SMILES string of the molecule is C=C1CCC(N2C(=O)c3cccc(NC(=O)CCCCCOCCCCCOCCCCCCN4CCN(c5cc(Nc6ncc(C(=O)Nc7c(C)cccc7Cl)s6)nc(C)n5)CC4)c3C2=O)C(=O)N1. The second-order valence-corrected chi connectivity index (χ2v) is 19.4. The van der Waals surface area contributed by atoms with Gasteiger partial charge in [-0.15, -0.1) is 0 Å². The highest BCUT2D eigenvalue weighted by molar-refractivity contribution is 7.17. The number of unbranched alkanes of at least 4 members (excludes halogenated alkanes) is 7. The first kappa shape index (κ1) is 52.0. The monoisotopic (exact) mass is 996 g/mol. The summed E-state index contributed by atoms with van der Waals surface area (Å²) in [5.41, 5.74) is 2.64. The van der Waals surface area contributed by atoms with Gasteiger partial charge in [0.1, 0.15) is 28.4 Å². The number of piperidine rings is 1. The molecular formula is C51H65ClN10O7S. The Labute approximate surface area is 419 Å². The largest absolute Gasteiger partial charge is 0.381 e. The van der Waals surface area contributed by atoms with Gasteiger partial charge in [0.2, 0.25) is 11.8 Å². The average molecular weight is 998 g/mol. The molecule has 2 saturated heterocycles. The van der Waals surface area contributed by atoms with Gasteiger partial charge in [0.05, 0.1) is 33.7 Å². The molecule has 0 radical (unpaired) electrons. The summed E-state index contributed by atoms with van der Waals surface area (Å²) in [5, 5.41) is 12.7. The third kappa shape index (κ3) is 14.4. The lowest BCUT2D eigenvalue weighted by Crippen LogP contribution is -2.51. The molecule has 2 fully saturated rings. The zero-order chi connectivity index (χ0) is 49.4. The van der Waals surface area contributed by atoms with Crippen LogP contribution in [-0.4, -0.2) is 119 Å². The fourth-order valence-electron chi connectivity index (χ4n) is 8.75. The molecular weight excluding hydrogens is 932 g/mol. The summed E-state index contributed by atoms with van der Waals surface area (Å²) < 4.78 is 11.7. The van der Waals surface area contributed by atoms with E-state index in [1.165, 1.54) is 24.2 Å². The molecule has 7 rings (SSSR count). The van der Waals surface area contributed by atoms with Crippen molar-refractivity contribution < 1.29 is 33.4 Å². The molecule has 19 heteroatoms. The normalized spacial score (nSPS) is 16.1. The molecule has 0 aliphatic carbocycles. The number of nitrogens with zero attached hydrogens (tertiary/aromatic N) is 6. The predicted octanol–water partition coefficient (Wildman–Crippen LogP) is 8.67. The van der Waals surface area contributed by atoms with Crippen LogP contribution < -0.4 is 26.2 Å². The Bertz CT molecular complexity index is 2480. The lowest BCUT2D eigenvalue weighted by atomic mass is 10.0. The number of hydrogen-bond acceptors (Lipinski definition) is 14. The van der Waals surface area contributed by atoms with Crippen molar-refractivity contribution >= 4 is 80.6 Å². The van der Waals surface area contributed by atoms with Gasteiger partial charge >= 0.3 is 0 Å². The minimum Gasteiger partial charge on any atom is -0.381 e. The zero-order valence-electron chi connectivity index (χ0n) is 40.3. The number of imide groups is 1. The quantitative estimate of drug-likeness (QED) is 0.0344. The maximum atomic E-state index is 13.3. The zero-order valence-corrected chi connectivity index (χ0v) is 41.9. The number of para-hydroxylation sites is 1. The second kappa shape index (κ2) is 25.9. The summed E-state index contributed by atoms with van der Waals surface area (Å²) in [6, 6.07) is 11.3. The van der Waals surface area contributed by atoms with E-state index in [-0.39, 0.29) is 35.0 Å². The third-order valence-electron chi connectivity index (χ3n) is 12.6. The van der Waals surface area contributed by atoms with Gasteiger partial charge in [-0.25, -0.2) is 15.0 Å². The number of aryl methyl sites for hydroxylation is 2. The number of ether oxygens (including phenoxy) is 2. The molecule has 2 aromatic carbocycles. The Morgan fingerprint density at radius 2 is 1.53 bits per heavy atom. The van der Waals surface area contributed by atoms with Crippen LogP contribution >= 0.6 is 22.9 Å². The summed E-state index contributed by atoms with van der Waals surface area (Å²) in [4.78, 5) is 84.7. The number of piperazine rings is 1. The summed E-state index contributed by atoms with van der Waals surface area (Å²) in [6.45, 7) is 15.3. The smallest absolute Gasteiger partial charge is 0.267 e. The molecule has 374 valence electrons. The highest BCUT2D eigenvalue weighted by atomic mass is 35.5. The second-order valence-electron chi connectivity index (χ2n) is 17.9. The number of halogens is 1. The number of amides is 5. The number of aromatic nitrogens is 3. The highest BCUT2D eigenvalue weighted by Crippen LogP contribution is 2.34. The number of nitrogens with one attached hydrogen (secondary N) is 4. The van der Waals surface area contributed by atoms with E-state index >= 15 is 0 Å². The highest BCUT2D eigenvalue weighted by Gasteiger charge is 2.45. The van der Waals surface area contributed by atoms with E-state index in [9.17, 15) is 24.0 Å². The number of allylic oxidation sites excluding steroid dienone is 1. The van der Waals surface area contributed by atoms with Crippen LogP contribution in [0, 0.1) is 13.8 Å². The van der Waals surface area contributed by atoms with Crippen LogP contribution in [-0.2, 0) is 19.1 Å². The Morgan fingerprint density at radius 3 is 2.24 bits per heavy atom. The molecule has 70 heavy (non-hydrogen) atoms. The molecule has 5 heterocycles. The Hall–Kier alpha value is -5.79. The van der Waals surface area contributed by atoms with Crippen LogP contribution in [0.3, 0.4) is 0 Å². The van der Waals surface area contributed by atoms with E-state index in [1.54, 1.807) is 30.5 Å². The van der Waals surface area contributed by atoms with Gasteiger partial charge in [0, 0.05) is 70.8 Å². The first-order chi connectivity index (χ1) is 33.9. The number of hydrogen-bond donors (Lipinski definition) is 4. The van der Waals surface area contributed by atoms with Crippen molar-refractivity contribution in [3.05, 3.63) is 93.4 Å². The maximum Gasteiger partial charge on any atom is 0.267 e. The van der Waals surface area contributed by atoms with Gasteiger partial charge in [-0.3, -0.25) is 33.8 Å². The van der Waals surface area contributed by atoms with Crippen molar-refractivity contribution in [3.63, 3.8) is 0 Å². The molecule has 3 aliphatic rings. The van der Waals surface area contributed by atoms with Crippen molar-refractivity contribution in [3.8, 4) is 0 Å². The molecule has 0 saturated carbocycles. The van der Waals surface area contributed by atoms with E-state index in [0.29, 0.717) is 70.5 Å². The van der Waals surface area contributed by atoms with Gasteiger partial charge < -0.3 is 35.6 Å². The topological polar surface area (TPSA) is 200 Å². The molecule has 0 spiro atoms. The van der Waals surface area contributed by atoms with Crippen molar-refractivity contribution in [1.29, 1.82) is 0 Å². The summed E-state index contributed by atoms with van der Waals surface area (Å²) >= 11 is 7.55. The Morgan fingerprint density at radius 1 is 0.843 bits per heavy atom. The molecule has 5 amide bonds. The molecule has 17 nitrogen and oxygen atoms in total. The van der Waals surface area contributed by atoms with Crippen LogP contribution in [0.15, 0.2) is 60.9 Å². The standard InChI is InChI=1S/C51H65ClN10O7S/c1-34-16-14-18-38(52)46(34)59-48(65)41-33-53-51(70-41)58-42-32-43(56-36(3)55-42)61-26-24-60(25-27-61)23-9-4-5-10-28-68-30-12-7-13-31-69-29-11-6-8-20-44(63)57-39-19-15-17-37-45(39)50(67)62(49(37)66)40-22-21-35(2)54-47(40)64/h14-19,32-33,40H,2,4-13,20-31H2,1,3H3,(H,54,64)(H,57,63)(H,59,65)(H,53,55,56,58). The molecule has 4 N–H and O–H groups in total. The van der Waals surface area contributed by atoms with Crippen LogP contribution in [0.25, 0.3) is 0 Å². The molecule has 0 bridgehead atoms. The summed E-state index contributed by atoms with van der Waals surface area (Å²) in [6.07, 6.45) is 12.6. The lowest BCUT2D eigenvalue weighted by molar-refractivity contribution is -0.125. The fraction of sp³-hybridized carbons (Fsp3) is 0.490. The number of rotatable bonds is 26. The van der Waals surface area contributed by atoms with Gasteiger partial charge in [0.25, 0.3) is 17.7 Å². The van der Waals surface area contributed by atoms with Crippen molar-refractivity contribution in [2.75, 3.05) is 80.0 Å². The first-order valence-corrected chi connectivity index (χ1v) is 25.7. The Kier molecular flexibility index (Phi) is 19.2. The lowest BCUT2D eigenvalue weighted by Gasteiger charge is -2.35. The Balaban J connectivity index is 0.658. The summed E-state index contributed by atoms with van der Waals surface area (Å²) in [7, 11) is 0. The van der Waals surface area contributed by atoms with Crippen LogP contribution in [0.2, 0.25) is 5.02 Å². The number of fused-ring (bicyclic) bond motifs is 1. The number of anilines is 5. The van der Waals surface area contributed by atoms with Crippen molar-refractivity contribution in [2.45, 2.75) is 103 Å². The number of carbonyl (C=O) groups is 5. The van der Waals surface area contributed by atoms with Gasteiger partial charge in [-0.1, -0.05) is 67.0 Å². The fourth-order valence-corrected chi connectivity index (χ4v) is 9.74.